The molecule has 3 aromatic carbocycles. The number of methoxy groups -OCH3 is 1. The fourth-order valence-electron chi connectivity index (χ4n) is 3.49. The number of benzene rings is 3. The van der Waals surface area contributed by atoms with Crippen LogP contribution >= 0.6 is 23.1 Å². The second kappa shape index (κ2) is 12.9. The fourth-order valence-corrected chi connectivity index (χ4v) is 5.22. The molecule has 0 saturated carbocycles. The first-order valence-corrected chi connectivity index (χ1v) is 13.5. The average Bonchev–Trinajstić information content (AvgIpc) is 3.40. The molecule has 1 heterocycles. The van der Waals surface area contributed by atoms with Crippen molar-refractivity contribution in [3.63, 3.8) is 0 Å². The summed E-state index contributed by atoms with van der Waals surface area (Å²) in [6.07, 6.45) is 3.91. The second-order valence-electron chi connectivity index (χ2n) is 8.03. The van der Waals surface area contributed by atoms with E-state index in [1.54, 1.807) is 13.2 Å². The monoisotopic (exact) mass is 529 g/mol. The highest BCUT2D eigenvalue weighted by atomic mass is 32.2. The minimum atomic E-state index is -0.312. The molecule has 0 spiro atoms. The summed E-state index contributed by atoms with van der Waals surface area (Å²) in [7, 11) is 1.63. The Morgan fingerprint density at radius 3 is 2.62 bits per heavy atom. The van der Waals surface area contributed by atoms with Crippen molar-refractivity contribution in [2.45, 2.75) is 23.5 Å². The van der Waals surface area contributed by atoms with Gasteiger partial charge in [0.1, 0.15) is 5.75 Å². The number of hydrogen-bond acceptors (Lipinski definition) is 6. The van der Waals surface area contributed by atoms with Crippen LogP contribution in [0.2, 0.25) is 0 Å². The predicted molar refractivity (Wildman–Crippen MR) is 153 cm³/mol. The quantitative estimate of drug-likeness (QED) is 0.171. The Hall–Kier alpha value is -3.88. The van der Waals surface area contributed by atoms with Crippen LogP contribution in [0.1, 0.15) is 18.9 Å². The van der Waals surface area contributed by atoms with E-state index in [1.807, 2.05) is 91.2 Å². The molecule has 4 rings (SSSR count). The van der Waals surface area contributed by atoms with Crippen LogP contribution in [0, 0.1) is 0 Å². The van der Waals surface area contributed by atoms with Gasteiger partial charge < -0.3 is 15.4 Å². The Balaban J connectivity index is 1.36. The van der Waals surface area contributed by atoms with Gasteiger partial charge in [0.15, 0.2) is 5.13 Å². The zero-order valence-electron chi connectivity index (χ0n) is 20.5. The number of amides is 2. The van der Waals surface area contributed by atoms with Gasteiger partial charge in [-0.25, -0.2) is 4.98 Å². The van der Waals surface area contributed by atoms with Crippen molar-refractivity contribution in [1.29, 1.82) is 0 Å². The summed E-state index contributed by atoms with van der Waals surface area (Å²) in [6.45, 7) is 1.97. The third-order valence-electron chi connectivity index (χ3n) is 5.37. The van der Waals surface area contributed by atoms with E-state index in [0.717, 1.165) is 27.5 Å². The summed E-state index contributed by atoms with van der Waals surface area (Å²) >= 11 is 2.84. The van der Waals surface area contributed by atoms with Gasteiger partial charge in [0.2, 0.25) is 11.8 Å². The summed E-state index contributed by atoms with van der Waals surface area (Å²) in [5, 5.41) is 7.98. The Morgan fingerprint density at radius 1 is 1.03 bits per heavy atom. The van der Waals surface area contributed by atoms with Gasteiger partial charge in [-0.3, -0.25) is 9.59 Å². The minimum absolute atomic E-state index is 0.112. The number of hydrogen-bond donors (Lipinski definition) is 2. The summed E-state index contributed by atoms with van der Waals surface area (Å²) < 4.78 is 5.29. The van der Waals surface area contributed by atoms with Crippen molar-refractivity contribution in [3.8, 4) is 17.0 Å². The Kier molecular flexibility index (Phi) is 9.13. The van der Waals surface area contributed by atoms with E-state index in [1.165, 1.54) is 29.2 Å². The van der Waals surface area contributed by atoms with Crippen molar-refractivity contribution < 1.29 is 14.3 Å². The number of rotatable bonds is 10. The largest absolute Gasteiger partial charge is 0.497 e. The molecular weight excluding hydrogens is 502 g/mol. The van der Waals surface area contributed by atoms with Gasteiger partial charge in [-0.15, -0.1) is 23.1 Å². The van der Waals surface area contributed by atoms with E-state index in [2.05, 4.69) is 15.6 Å². The molecule has 0 fully saturated rings. The molecule has 8 heteroatoms. The lowest BCUT2D eigenvalue weighted by Crippen LogP contribution is -2.24. The van der Waals surface area contributed by atoms with Gasteiger partial charge in [-0.05, 0) is 48.4 Å². The molecule has 0 radical (unpaired) electrons. The van der Waals surface area contributed by atoms with Crippen LogP contribution in [0.3, 0.4) is 0 Å². The van der Waals surface area contributed by atoms with Crippen LogP contribution in [0.25, 0.3) is 17.3 Å². The molecular formula is C29H27N3O3S2. The van der Waals surface area contributed by atoms with Crippen molar-refractivity contribution in [2.24, 2.45) is 0 Å². The number of nitrogens with zero attached hydrogens (tertiary/aromatic N) is 1. The molecule has 4 aromatic rings. The molecule has 6 nitrogen and oxygen atoms in total. The number of carbonyl (C=O) groups excluding carboxylic acids is 2. The number of aromatic nitrogens is 1. The first-order chi connectivity index (χ1) is 18.0. The Labute approximate surface area is 224 Å². The highest BCUT2D eigenvalue weighted by Crippen LogP contribution is 2.31. The average molecular weight is 530 g/mol. The molecule has 0 bridgehead atoms. The fraction of sp³-hybridized carbons (Fsp3) is 0.138. The maximum Gasteiger partial charge on any atom is 0.248 e. The maximum atomic E-state index is 13.0. The predicted octanol–water partition coefficient (Wildman–Crippen LogP) is 6.98. The lowest BCUT2D eigenvalue weighted by molar-refractivity contribution is -0.115. The molecule has 188 valence electrons. The molecule has 2 amide bonds. The van der Waals surface area contributed by atoms with Crippen molar-refractivity contribution in [1.82, 2.24) is 4.98 Å². The van der Waals surface area contributed by atoms with E-state index < -0.39 is 0 Å². The van der Waals surface area contributed by atoms with Gasteiger partial charge in [-0.2, -0.15) is 0 Å². The minimum Gasteiger partial charge on any atom is -0.497 e. The van der Waals surface area contributed by atoms with Crippen LogP contribution in [0.4, 0.5) is 10.8 Å². The van der Waals surface area contributed by atoms with E-state index in [4.69, 9.17) is 4.74 Å². The van der Waals surface area contributed by atoms with E-state index >= 15 is 0 Å². The lowest BCUT2D eigenvalue weighted by atomic mass is 10.2. The molecule has 0 saturated heterocycles. The number of ether oxygens (including phenoxy) is 1. The standard InChI is InChI=1S/C29H27N3O3S2/c1-3-26(28(34)32-29-31-25(19-36-29)21-11-7-13-23(17-21)35-2)37-24-14-8-12-22(18-24)30-27(33)16-15-20-9-5-4-6-10-20/h4-19,26H,3H2,1-2H3,(H,30,33)(H,31,32,34)/b16-15+. The number of thioether (sulfide) groups is 1. The van der Waals surface area contributed by atoms with Gasteiger partial charge in [-0.1, -0.05) is 55.5 Å². The third kappa shape index (κ3) is 7.55. The molecule has 0 aliphatic rings. The highest BCUT2D eigenvalue weighted by Gasteiger charge is 2.20. The second-order valence-corrected chi connectivity index (χ2v) is 10.2. The van der Waals surface area contributed by atoms with Crippen LogP contribution < -0.4 is 15.4 Å². The lowest BCUT2D eigenvalue weighted by Gasteiger charge is -2.14. The molecule has 0 aliphatic carbocycles. The number of nitrogens with one attached hydrogen (secondary N) is 2. The normalized spacial score (nSPS) is 11.7. The van der Waals surface area contributed by atoms with Crippen LogP contribution in [-0.2, 0) is 9.59 Å². The molecule has 2 N–H and O–H groups in total. The summed E-state index contributed by atoms with van der Waals surface area (Å²) in [5.74, 6) is 0.426. The SMILES string of the molecule is CCC(Sc1cccc(NC(=O)/C=C/c2ccccc2)c1)C(=O)Nc1nc(-c2cccc(OC)c2)cs1. The number of carbonyl (C=O) groups is 2. The Morgan fingerprint density at radius 2 is 1.84 bits per heavy atom. The van der Waals surface area contributed by atoms with Crippen molar-refractivity contribution >= 4 is 51.8 Å². The van der Waals surface area contributed by atoms with Crippen LogP contribution in [0.15, 0.2) is 95.2 Å². The summed E-state index contributed by atoms with van der Waals surface area (Å²) in [6, 6.07) is 24.8. The Bertz CT molecular complexity index is 1390. The third-order valence-corrected chi connectivity index (χ3v) is 7.49. The van der Waals surface area contributed by atoms with Crippen LogP contribution in [0.5, 0.6) is 5.75 Å². The van der Waals surface area contributed by atoms with E-state index in [9.17, 15) is 9.59 Å². The zero-order valence-corrected chi connectivity index (χ0v) is 22.1. The first kappa shape index (κ1) is 26.2. The zero-order chi connectivity index (χ0) is 26.0. The molecule has 0 aliphatic heterocycles. The van der Waals surface area contributed by atoms with Gasteiger partial charge in [0, 0.05) is 27.6 Å². The number of thiazole rings is 1. The summed E-state index contributed by atoms with van der Waals surface area (Å²) in [4.78, 5) is 30.8. The van der Waals surface area contributed by atoms with Crippen LogP contribution in [-0.4, -0.2) is 29.2 Å². The summed E-state index contributed by atoms with van der Waals surface area (Å²) in [5.41, 5.74) is 3.33. The smallest absolute Gasteiger partial charge is 0.248 e. The van der Waals surface area contributed by atoms with Gasteiger partial charge >= 0.3 is 0 Å². The maximum absolute atomic E-state index is 13.0. The van der Waals surface area contributed by atoms with Gasteiger partial charge in [0.25, 0.3) is 0 Å². The molecule has 1 unspecified atom stereocenters. The van der Waals surface area contributed by atoms with Crippen molar-refractivity contribution in [3.05, 3.63) is 95.9 Å². The number of anilines is 2. The molecule has 37 heavy (non-hydrogen) atoms. The van der Waals surface area contributed by atoms with Crippen molar-refractivity contribution in [2.75, 3.05) is 17.7 Å². The van der Waals surface area contributed by atoms with Gasteiger partial charge in [0.05, 0.1) is 18.1 Å². The van der Waals surface area contributed by atoms with E-state index in [0.29, 0.717) is 17.2 Å². The molecule has 1 atom stereocenters. The topological polar surface area (TPSA) is 80.3 Å². The highest BCUT2D eigenvalue weighted by molar-refractivity contribution is 8.00. The molecule has 1 aromatic heterocycles. The first-order valence-electron chi connectivity index (χ1n) is 11.8. The van der Waals surface area contributed by atoms with E-state index in [-0.39, 0.29) is 17.1 Å².